The first-order valence-electron chi connectivity index (χ1n) is 18.0. The van der Waals surface area contributed by atoms with Gasteiger partial charge in [0.15, 0.2) is 6.29 Å². The molecule has 0 bridgehead atoms. The van der Waals surface area contributed by atoms with Crippen molar-refractivity contribution >= 4 is 17.8 Å². The molecule has 0 radical (unpaired) electrons. The third kappa shape index (κ3) is 17.2. The van der Waals surface area contributed by atoms with E-state index >= 15 is 0 Å². The van der Waals surface area contributed by atoms with E-state index in [4.69, 9.17) is 14.2 Å². The van der Waals surface area contributed by atoms with E-state index in [0.717, 1.165) is 49.8 Å². The van der Waals surface area contributed by atoms with Crippen LogP contribution in [0.25, 0.3) is 0 Å². The van der Waals surface area contributed by atoms with Gasteiger partial charge in [-0.3, -0.25) is 14.4 Å². The first-order valence-corrected chi connectivity index (χ1v) is 18.0. The minimum atomic E-state index is -1.79. The lowest BCUT2D eigenvalue weighted by molar-refractivity contribution is -0.273. The second kappa shape index (κ2) is 26.8. The average molecular weight is 673 g/mol. The van der Waals surface area contributed by atoms with E-state index in [2.05, 4.69) is 24.4 Å². The summed E-state index contributed by atoms with van der Waals surface area (Å²) >= 11 is 0. The molecule has 1 saturated heterocycles. The Morgan fingerprint density at radius 1 is 0.830 bits per heavy atom. The van der Waals surface area contributed by atoms with Crippen LogP contribution in [0.3, 0.4) is 0 Å². The number of esters is 1. The zero-order chi connectivity index (χ0) is 34.9. The van der Waals surface area contributed by atoms with E-state index in [9.17, 15) is 34.8 Å². The summed E-state index contributed by atoms with van der Waals surface area (Å²) < 4.78 is 15.8. The molecule has 6 atom stereocenters. The highest BCUT2D eigenvalue weighted by Gasteiger charge is 2.50. The van der Waals surface area contributed by atoms with Crippen LogP contribution in [-0.4, -0.2) is 113 Å². The predicted molar refractivity (Wildman–Crippen MR) is 179 cm³/mol. The van der Waals surface area contributed by atoms with Crippen molar-refractivity contribution in [2.45, 2.75) is 160 Å². The molecule has 47 heavy (non-hydrogen) atoms. The van der Waals surface area contributed by atoms with E-state index < -0.39 is 67.6 Å². The molecule has 1 fully saturated rings. The zero-order valence-corrected chi connectivity index (χ0v) is 29.2. The third-order valence-corrected chi connectivity index (χ3v) is 8.36. The van der Waals surface area contributed by atoms with Crippen LogP contribution in [0.15, 0.2) is 12.2 Å². The van der Waals surface area contributed by atoms with Crippen LogP contribution < -0.4 is 5.32 Å². The average Bonchev–Trinajstić information content (AvgIpc) is 3.06. The number of rotatable bonds is 27. The Morgan fingerprint density at radius 2 is 1.45 bits per heavy atom. The zero-order valence-electron chi connectivity index (χ0n) is 29.2. The number of ether oxygens (including phenoxy) is 3. The van der Waals surface area contributed by atoms with Crippen molar-refractivity contribution in [2.75, 3.05) is 33.0 Å². The molecule has 0 aromatic heterocycles. The summed E-state index contributed by atoms with van der Waals surface area (Å²) in [6.45, 7) is 5.34. The maximum atomic E-state index is 13.8. The normalized spacial score (nSPS) is 21.9. The Balaban J connectivity index is 2.84. The van der Waals surface area contributed by atoms with Gasteiger partial charge in [-0.05, 0) is 45.4 Å². The molecule has 0 aromatic carbocycles. The van der Waals surface area contributed by atoms with Gasteiger partial charge < -0.3 is 44.9 Å². The molecule has 1 aliphatic heterocycles. The van der Waals surface area contributed by atoms with Crippen LogP contribution in [0.2, 0.25) is 0 Å². The van der Waals surface area contributed by atoms with E-state index in [-0.39, 0.29) is 26.1 Å². The number of allylic oxidation sites excluding steroid dienone is 2. The smallest absolute Gasteiger partial charge is 0.325 e. The Kier molecular flexibility index (Phi) is 24.5. The summed E-state index contributed by atoms with van der Waals surface area (Å²) in [4.78, 5) is 40.3. The Hall–Kier alpha value is -2.09. The molecule has 0 saturated carbocycles. The maximum Gasteiger partial charge on any atom is 0.325 e. The number of hydrogen-bond acceptors (Lipinski definition) is 10. The van der Waals surface area contributed by atoms with Gasteiger partial charge >= 0.3 is 5.97 Å². The summed E-state index contributed by atoms with van der Waals surface area (Å²) in [7, 11) is 0. The molecule has 274 valence electrons. The lowest BCUT2D eigenvalue weighted by Crippen LogP contribution is -2.68. The molecule has 3 unspecified atom stereocenters. The SMILES string of the molecule is CCCCCCCC/C=C\CCCCCCCC(=O)N(C(CCOCCC)C(=O)NCC(=O)OCC)C1[C@H](O)OC(CO)[C@@H](O)[C@H]1O. The van der Waals surface area contributed by atoms with Crippen LogP contribution in [0.4, 0.5) is 0 Å². The lowest BCUT2D eigenvalue weighted by atomic mass is 9.93. The second-order valence-electron chi connectivity index (χ2n) is 12.3. The van der Waals surface area contributed by atoms with Gasteiger partial charge in [0, 0.05) is 26.1 Å². The van der Waals surface area contributed by atoms with Gasteiger partial charge in [0.1, 0.15) is 36.9 Å². The van der Waals surface area contributed by atoms with Crippen LogP contribution in [0.5, 0.6) is 0 Å². The number of nitrogens with one attached hydrogen (secondary N) is 1. The number of carbonyl (C=O) groups excluding carboxylic acids is 3. The highest BCUT2D eigenvalue weighted by atomic mass is 16.6. The minimum Gasteiger partial charge on any atom is -0.465 e. The second-order valence-corrected chi connectivity index (χ2v) is 12.3. The number of aliphatic hydroxyl groups is 4. The quantitative estimate of drug-likeness (QED) is 0.0493. The van der Waals surface area contributed by atoms with Gasteiger partial charge in [-0.15, -0.1) is 0 Å². The van der Waals surface area contributed by atoms with Crippen LogP contribution in [-0.2, 0) is 28.6 Å². The highest BCUT2D eigenvalue weighted by Crippen LogP contribution is 2.28. The highest BCUT2D eigenvalue weighted by molar-refractivity contribution is 5.90. The predicted octanol–water partition coefficient (Wildman–Crippen LogP) is 3.52. The summed E-state index contributed by atoms with van der Waals surface area (Å²) in [5.41, 5.74) is 0. The van der Waals surface area contributed by atoms with Crippen molar-refractivity contribution in [3.63, 3.8) is 0 Å². The Labute approximate surface area is 282 Å². The Bertz CT molecular complexity index is 873. The van der Waals surface area contributed by atoms with Crippen molar-refractivity contribution in [3.05, 3.63) is 12.2 Å². The van der Waals surface area contributed by atoms with E-state index in [1.54, 1.807) is 6.92 Å². The van der Waals surface area contributed by atoms with Crippen molar-refractivity contribution in [2.24, 2.45) is 0 Å². The number of aliphatic hydroxyl groups excluding tert-OH is 4. The first kappa shape index (κ1) is 42.9. The molecule has 5 N–H and O–H groups in total. The van der Waals surface area contributed by atoms with Crippen molar-refractivity contribution in [3.8, 4) is 0 Å². The van der Waals surface area contributed by atoms with Crippen molar-refractivity contribution in [1.82, 2.24) is 10.2 Å². The van der Waals surface area contributed by atoms with E-state index in [1.807, 2.05) is 6.92 Å². The standard InChI is InChI=1S/C35H64N2O10/c1-4-7-8-9-10-11-12-13-14-15-16-17-18-19-20-21-29(39)37(31-33(42)32(41)28(26-38)47-35(31)44)27(22-24-45-23-5-2)34(43)36-25-30(40)46-6-3/h13-14,27-28,31-33,35,38,41-42,44H,4-12,15-26H2,1-3H3,(H,36,43)/b14-13-/t27?,28?,31?,32-,33+,35-/m1/s1. The molecule has 0 aromatic rings. The minimum absolute atomic E-state index is 0.00222. The van der Waals surface area contributed by atoms with Gasteiger partial charge in [0.05, 0.1) is 13.2 Å². The topological polar surface area (TPSA) is 175 Å². The molecule has 2 amide bonds. The molecule has 12 heteroatoms. The van der Waals surface area contributed by atoms with Gasteiger partial charge in [-0.1, -0.05) is 77.4 Å². The fraction of sp³-hybridized carbons (Fsp3) is 0.857. The van der Waals surface area contributed by atoms with Gasteiger partial charge in [0.25, 0.3) is 0 Å². The molecule has 0 spiro atoms. The maximum absolute atomic E-state index is 13.8. The van der Waals surface area contributed by atoms with Gasteiger partial charge in [-0.2, -0.15) is 0 Å². The monoisotopic (exact) mass is 672 g/mol. The fourth-order valence-electron chi connectivity index (χ4n) is 5.73. The van der Waals surface area contributed by atoms with Crippen LogP contribution in [0, 0.1) is 0 Å². The number of carbonyl (C=O) groups is 3. The van der Waals surface area contributed by atoms with Crippen molar-refractivity contribution in [1.29, 1.82) is 0 Å². The van der Waals surface area contributed by atoms with Gasteiger partial charge in [0.2, 0.25) is 11.8 Å². The van der Waals surface area contributed by atoms with Crippen molar-refractivity contribution < 1.29 is 49.0 Å². The number of amides is 2. The largest absolute Gasteiger partial charge is 0.465 e. The lowest BCUT2D eigenvalue weighted by Gasteiger charge is -2.47. The number of nitrogens with zero attached hydrogens (tertiary/aromatic N) is 1. The summed E-state index contributed by atoms with van der Waals surface area (Å²) in [5.74, 6) is -1.87. The fourth-order valence-corrected chi connectivity index (χ4v) is 5.73. The third-order valence-electron chi connectivity index (χ3n) is 8.36. The molecule has 1 aliphatic rings. The summed E-state index contributed by atoms with van der Waals surface area (Å²) in [6.07, 6.45) is 13.2. The molecular formula is C35H64N2O10. The summed E-state index contributed by atoms with van der Waals surface area (Å²) in [5, 5.41) is 44.5. The van der Waals surface area contributed by atoms with Crippen LogP contribution >= 0.6 is 0 Å². The van der Waals surface area contributed by atoms with Gasteiger partial charge in [-0.25, -0.2) is 0 Å². The molecule has 0 aliphatic carbocycles. The first-order chi connectivity index (χ1) is 22.7. The molecular weight excluding hydrogens is 608 g/mol. The summed E-state index contributed by atoms with van der Waals surface area (Å²) in [6, 6.07) is -2.76. The molecule has 1 rings (SSSR count). The Morgan fingerprint density at radius 3 is 2.04 bits per heavy atom. The number of unbranched alkanes of at least 4 members (excludes halogenated alkanes) is 11. The number of hydrogen-bond donors (Lipinski definition) is 5. The van der Waals surface area contributed by atoms with E-state index in [1.165, 1.54) is 38.5 Å². The van der Waals surface area contributed by atoms with E-state index in [0.29, 0.717) is 13.0 Å². The van der Waals surface area contributed by atoms with Crippen LogP contribution in [0.1, 0.15) is 124 Å². The molecule has 1 heterocycles. The molecule has 12 nitrogen and oxygen atoms in total.